The van der Waals surface area contributed by atoms with Crippen molar-refractivity contribution >= 4 is 23.3 Å². The number of halogens is 1. The Labute approximate surface area is 168 Å². The number of piperazine rings is 1. The fraction of sp³-hybridized carbons (Fsp3) is 0.190. The van der Waals surface area contributed by atoms with Gasteiger partial charge in [-0.2, -0.15) is 0 Å². The molecule has 7 heteroatoms. The SMILES string of the molecule is O=C(c1cccnc1Oc1ccccc1)N1CCN(c2cccc(Cl)n2)CC1. The van der Waals surface area contributed by atoms with Gasteiger partial charge in [-0.3, -0.25) is 4.79 Å². The van der Waals surface area contributed by atoms with Gasteiger partial charge in [0.2, 0.25) is 5.88 Å². The first-order valence-electron chi connectivity index (χ1n) is 9.05. The first-order chi connectivity index (χ1) is 13.7. The largest absolute Gasteiger partial charge is 0.438 e. The molecular weight excluding hydrogens is 376 g/mol. The fourth-order valence-electron chi connectivity index (χ4n) is 3.12. The van der Waals surface area contributed by atoms with Crippen molar-refractivity contribution in [2.24, 2.45) is 0 Å². The number of benzene rings is 1. The highest BCUT2D eigenvalue weighted by Crippen LogP contribution is 2.24. The molecule has 0 N–H and O–H groups in total. The molecule has 4 rings (SSSR count). The molecule has 0 bridgehead atoms. The zero-order valence-corrected chi connectivity index (χ0v) is 15.9. The molecule has 0 spiro atoms. The number of amides is 1. The summed E-state index contributed by atoms with van der Waals surface area (Å²) < 4.78 is 5.83. The molecule has 1 aromatic carbocycles. The summed E-state index contributed by atoms with van der Waals surface area (Å²) in [4.78, 5) is 25.6. The van der Waals surface area contributed by atoms with Gasteiger partial charge in [0.1, 0.15) is 22.3 Å². The minimum absolute atomic E-state index is 0.0854. The van der Waals surface area contributed by atoms with Crippen LogP contribution in [0.2, 0.25) is 5.15 Å². The van der Waals surface area contributed by atoms with Gasteiger partial charge in [0.05, 0.1) is 0 Å². The Morgan fingerprint density at radius 2 is 1.71 bits per heavy atom. The highest BCUT2D eigenvalue weighted by molar-refractivity contribution is 6.29. The van der Waals surface area contributed by atoms with Gasteiger partial charge in [0.15, 0.2) is 0 Å². The van der Waals surface area contributed by atoms with Crippen LogP contribution in [0, 0.1) is 0 Å². The predicted octanol–water partition coefficient (Wildman–Crippen LogP) is 3.88. The van der Waals surface area contributed by atoms with E-state index in [0.29, 0.717) is 48.5 Å². The third-order valence-electron chi connectivity index (χ3n) is 4.55. The number of hydrogen-bond donors (Lipinski definition) is 0. The second-order valence-corrected chi connectivity index (χ2v) is 6.76. The van der Waals surface area contributed by atoms with Gasteiger partial charge in [-0.25, -0.2) is 9.97 Å². The Hall–Kier alpha value is -3.12. The molecule has 1 saturated heterocycles. The number of aromatic nitrogens is 2. The Balaban J connectivity index is 1.46. The molecule has 0 aliphatic carbocycles. The minimum atomic E-state index is -0.0854. The molecule has 3 heterocycles. The smallest absolute Gasteiger partial charge is 0.259 e. The van der Waals surface area contributed by atoms with Crippen molar-refractivity contribution < 1.29 is 9.53 Å². The molecular formula is C21H19ClN4O2. The van der Waals surface area contributed by atoms with Crippen molar-refractivity contribution in [1.29, 1.82) is 0 Å². The average Bonchev–Trinajstić information content (AvgIpc) is 2.74. The fourth-order valence-corrected chi connectivity index (χ4v) is 3.28. The average molecular weight is 395 g/mol. The van der Waals surface area contributed by atoms with E-state index < -0.39 is 0 Å². The van der Waals surface area contributed by atoms with E-state index in [1.54, 1.807) is 24.4 Å². The Morgan fingerprint density at radius 3 is 2.46 bits per heavy atom. The molecule has 3 aromatic rings. The number of nitrogens with zero attached hydrogens (tertiary/aromatic N) is 4. The lowest BCUT2D eigenvalue weighted by atomic mass is 10.2. The molecule has 0 saturated carbocycles. The molecule has 1 aliphatic heterocycles. The maximum atomic E-state index is 13.1. The number of carbonyl (C=O) groups is 1. The van der Waals surface area contributed by atoms with E-state index in [-0.39, 0.29) is 5.91 Å². The molecule has 6 nitrogen and oxygen atoms in total. The third kappa shape index (κ3) is 4.07. The van der Waals surface area contributed by atoms with Crippen LogP contribution in [0.25, 0.3) is 0 Å². The molecule has 2 aromatic heterocycles. The van der Waals surface area contributed by atoms with Gasteiger partial charge in [0, 0.05) is 32.4 Å². The molecule has 1 amide bonds. The zero-order valence-electron chi connectivity index (χ0n) is 15.2. The predicted molar refractivity (Wildman–Crippen MR) is 108 cm³/mol. The van der Waals surface area contributed by atoms with Crippen LogP contribution in [-0.2, 0) is 0 Å². The lowest BCUT2D eigenvalue weighted by Gasteiger charge is -2.35. The van der Waals surface area contributed by atoms with Gasteiger partial charge in [-0.05, 0) is 36.4 Å². The molecule has 0 atom stereocenters. The summed E-state index contributed by atoms with van der Waals surface area (Å²) in [7, 11) is 0. The number of anilines is 1. The number of pyridine rings is 2. The van der Waals surface area contributed by atoms with Gasteiger partial charge in [-0.1, -0.05) is 35.9 Å². The number of ether oxygens (including phenoxy) is 1. The molecule has 0 radical (unpaired) electrons. The highest BCUT2D eigenvalue weighted by Gasteiger charge is 2.25. The lowest BCUT2D eigenvalue weighted by Crippen LogP contribution is -2.49. The number of rotatable bonds is 4. The van der Waals surface area contributed by atoms with Crippen LogP contribution in [0.4, 0.5) is 5.82 Å². The summed E-state index contributed by atoms with van der Waals surface area (Å²) in [5.41, 5.74) is 0.459. The van der Waals surface area contributed by atoms with Crippen molar-refractivity contribution in [2.75, 3.05) is 31.1 Å². The lowest BCUT2D eigenvalue weighted by molar-refractivity contribution is 0.0743. The normalized spacial score (nSPS) is 14.0. The van der Waals surface area contributed by atoms with E-state index in [4.69, 9.17) is 16.3 Å². The van der Waals surface area contributed by atoms with Crippen LogP contribution in [0.3, 0.4) is 0 Å². The van der Waals surface area contributed by atoms with Crippen LogP contribution < -0.4 is 9.64 Å². The summed E-state index contributed by atoms with van der Waals surface area (Å²) in [6.45, 7) is 2.56. The summed E-state index contributed by atoms with van der Waals surface area (Å²) in [6.07, 6.45) is 1.62. The van der Waals surface area contributed by atoms with Crippen molar-refractivity contribution in [3.05, 3.63) is 77.6 Å². The van der Waals surface area contributed by atoms with Crippen LogP contribution in [-0.4, -0.2) is 47.0 Å². The van der Waals surface area contributed by atoms with E-state index in [1.807, 2.05) is 47.4 Å². The van der Waals surface area contributed by atoms with Crippen LogP contribution in [0.5, 0.6) is 11.6 Å². The maximum Gasteiger partial charge on any atom is 0.259 e. The van der Waals surface area contributed by atoms with Crippen molar-refractivity contribution in [1.82, 2.24) is 14.9 Å². The first-order valence-corrected chi connectivity index (χ1v) is 9.43. The first kappa shape index (κ1) is 18.3. The molecule has 1 fully saturated rings. The van der Waals surface area contributed by atoms with E-state index in [1.165, 1.54) is 0 Å². The van der Waals surface area contributed by atoms with Gasteiger partial charge in [0.25, 0.3) is 5.91 Å². The van der Waals surface area contributed by atoms with Crippen molar-refractivity contribution in [3.63, 3.8) is 0 Å². The summed E-state index contributed by atoms with van der Waals surface area (Å²) in [5, 5.41) is 0.467. The Kier molecular flexibility index (Phi) is 5.39. The zero-order chi connectivity index (χ0) is 19.3. The second-order valence-electron chi connectivity index (χ2n) is 6.37. The second kappa shape index (κ2) is 8.27. The topological polar surface area (TPSA) is 58.6 Å². The molecule has 142 valence electrons. The molecule has 0 unspecified atom stereocenters. The Morgan fingerprint density at radius 1 is 0.929 bits per heavy atom. The highest BCUT2D eigenvalue weighted by atomic mass is 35.5. The number of para-hydroxylation sites is 1. The van der Waals surface area contributed by atoms with E-state index in [2.05, 4.69) is 14.9 Å². The monoisotopic (exact) mass is 394 g/mol. The van der Waals surface area contributed by atoms with Gasteiger partial charge in [-0.15, -0.1) is 0 Å². The maximum absolute atomic E-state index is 13.1. The quantitative estimate of drug-likeness (QED) is 0.628. The third-order valence-corrected chi connectivity index (χ3v) is 4.76. The van der Waals surface area contributed by atoms with E-state index in [9.17, 15) is 4.79 Å². The minimum Gasteiger partial charge on any atom is -0.438 e. The molecule has 28 heavy (non-hydrogen) atoms. The van der Waals surface area contributed by atoms with Crippen molar-refractivity contribution in [2.45, 2.75) is 0 Å². The van der Waals surface area contributed by atoms with Crippen LogP contribution in [0.1, 0.15) is 10.4 Å². The Bertz CT molecular complexity index is 959. The number of carbonyl (C=O) groups excluding carboxylic acids is 1. The van der Waals surface area contributed by atoms with Gasteiger partial charge < -0.3 is 14.5 Å². The van der Waals surface area contributed by atoms with Gasteiger partial charge >= 0.3 is 0 Å². The summed E-state index contributed by atoms with van der Waals surface area (Å²) in [6, 6.07) is 18.4. The summed E-state index contributed by atoms with van der Waals surface area (Å²) >= 11 is 5.98. The van der Waals surface area contributed by atoms with E-state index >= 15 is 0 Å². The van der Waals surface area contributed by atoms with E-state index in [0.717, 1.165) is 5.82 Å². The van der Waals surface area contributed by atoms with Crippen LogP contribution in [0.15, 0.2) is 66.9 Å². The summed E-state index contributed by atoms with van der Waals surface area (Å²) in [5.74, 6) is 1.71. The van der Waals surface area contributed by atoms with Crippen molar-refractivity contribution in [3.8, 4) is 11.6 Å². The van der Waals surface area contributed by atoms with Crippen LogP contribution >= 0.6 is 11.6 Å². The standard InChI is InChI=1S/C21H19ClN4O2/c22-18-9-4-10-19(24-18)25-12-14-26(15-13-25)21(27)17-8-5-11-23-20(17)28-16-6-2-1-3-7-16/h1-11H,12-15H2. The molecule has 1 aliphatic rings. The number of hydrogen-bond acceptors (Lipinski definition) is 5.